The molecule has 0 aromatic heterocycles. The fourth-order valence-electron chi connectivity index (χ4n) is 6.33. The van der Waals surface area contributed by atoms with Crippen LogP contribution >= 0.6 is 0 Å². The second kappa shape index (κ2) is 7.82. The van der Waals surface area contributed by atoms with Crippen LogP contribution in [0.2, 0.25) is 0 Å². The van der Waals surface area contributed by atoms with Gasteiger partial charge in [-0.1, -0.05) is 26.0 Å². The van der Waals surface area contributed by atoms with E-state index in [0.29, 0.717) is 36.9 Å². The molecule has 0 amide bonds. The maximum atomic E-state index is 13.3. The minimum Gasteiger partial charge on any atom is -0.377 e. The molecule has 0 N–H and O–H groups in total. The lowest BCUT2D eigenvalue weighted by Crippen LogP contribution is -2.70. The fraction of sp³-hybridized carbons (Fsp3) is 0.750. The summed E-state index contributed by atoms with van der Waals surface area (Å²) in [7, 11) is 0. The normalized spacial score (nSPS) is 45.1. The van der Waals surface area contributed by atoms with Crippen molar-refractivity contribution in [2.24, 2.45) is 23.7 Å². The van der Waals surface area contributed by atoms with Gasteiger partial charge in [0.2, 0.25) is 5.79 Å². The zero-order valence-electron chi connectivity index (χ0n) is 18.1. The summed E-state index contributed by atoms with van der Waals surface area (Å²) in [5, 5.41) is 0. The fourth-order valence-corrected chi connectivity index (χ4v) is 6.33. The van der Waals surface area contributed by atoms with Gasteiger partial charge in [0, 0.05) is 18.9 Å². The molecule has 2 bridgehead atoms. The molecule has 4 heterocycles. The Labute approximate surface area is 178 Å². The number of hydrogen-bond donors (Lipinski definition) is 0. The van der Waals surface area contributed by atoms with Gasteiger partial charge in [-0.15, -0.1) is 0 Å². The molecule has 4 aliphatic heterocycles. The number of fused-ring (bicyclic) bond motifs is 2. The van der Waals surface area contributed by atoms with Crippen molar-refractivity contribution in [3.8, 4) is 0 Å². The summed E-state index contributed by atoms with van der Waals surface area (Å²) in [5.41, 5.74) is 0.338. The van der Waals surface area contributed by atoms with Gasteiger partial charge in [0.05, 0.1) is 12.7 Å². The summed E-state index contributed by atoms with van der Waals surface area (Å²) in [5.74, 6) is 0.646. The van der Waals surface area contributed by atoms with Crippen molar-refractivity contribution in [3.05, 3.63) is 35.6 Å². The van der Waals surface area contributed by atoms with E-state index >= 15 is 0 Å². The van der Waals surface area contributed by atoms with Gasteiger partial charge < -0.3 is 14.2 Å². The predicted octanol–water partition coefficient (Wildman–Crippen LogP) is 4.98. The first-order valence-electron chi connectivity index (χ1n) is 11.4. The second-order valence-electron chi connectivity index (χ2n) is 9.91. The number of benzene rings is 1. The third-order valence-electron chi connectivity index (χ3n) is 8.00. The molecular formula is C24H33FO5. The Morgan fingerprint density at radius 3 is 2.83 bits per heavy atom. The SMILES string of the molecule is C[C@H]1[C@@H](CCOCc2cccc(F)c2)O[C@@H]2O[C@@]3(C)CC[C@H]4[C@H](C)CC[C@@H]1[C@@]24OO3. The Hall–Kier alpha value is -1.05. The van der Waals surface area contributed by atoms with Gasteiger partial charge in [-0.2, -0.15) is 0 Å². The minimum atomic E-state index is -0.740. The summed E-state index contributed by atoms with van der Waals surface area (Å²) in [6, 6.07) is 6.55. The topological polar surface area (TPSA) is 46.2 Å². The van der Waals surface area contributed by atoms with E-state index in [0.717, 1.165) is 31.2 Å². The summed E-state index contributed by atoms with van der Waals surface area (Å²) >= 11 is 0. The van der Waals surface area contributed by atoms with Crippen molar-refractivity contribution in [2.75, 3.05) is 6.61 Å². The van der Waals surface area contributed by atoms with Crippen LogP contribution in [0.4, 0.5) is 4.39 Å². The zero-order valence-corrected chi connectivity index (χ0v) is 18.1. The Morgan fingerprint density at radius 2 is 2.00 bits per heavy atom. The average molecular weight is 421 g/mol. The number of ether oxygens (including phenoxy) is 3. The molecule has 1 aromatic rings. The van der Waals surface area contributed by atoms with E-state index in [4.69, 9.17) is 24.0 Å². The Morgan fingerprint density at radius 1 is 1.13 bits per heavy atom. The lowest BCUT2D eigenvalue weighted by molar-refractivity contribution is -0.571. The predicted molar refractivity (Wildman–Crippen MR) is 108 cm³/mol. The van der Waals surface area contributed by atoms with E-state index in [1.165, 1.54) is 18.6 Å². The van der Waals surface area contributed by atoms with Crippen LogP contribution in [0.1, 0.15) is 58.4 Å². The van der Waals surface area contributed by atoms with E-state index in [-0.39, 0.29) is 11.9 Å². The smallest absolute Gasteiger partial charge is 0.201 e. The van der Waals surface area contributed by atoms with Gasteiger partial charge in [-0.3, -0.25) is 0 Å². The molecule has 1 aromatic carbocycles. The van der Waals surface area contributed by atoms with E-state index < -0.39 is 17.7 Å². The third kappa shape index (κ3) is 3.41. The largest absolute Gasteiger partial charge is 0.377 e. The highest BCUT2D eigenvalue weighted by Gasteiger charge is 2.69. The zero-order chi connectivity index (χ0) is 20.9. The van der Waals surface area contributed by atoms with Gasteiger partial charge in [0.25, 0.3) is 0 Å². The monoisotopic (exact) mass is 420 g/mol. The Bertz CT molecular complexity index is 774. The van der Waals surface area contributed by atoms with E-state index in [2.05, 4.69) is 13.8 Å². The molecule has 1 saturated carbocycles. The van der Waals surface area contributed by atoms with Crippen molar-refractivity contribution in [1.82, 2.24) is 0 Å². The molecule has 0 unspecified atom stereocenters. The molecular weight excluding hydrogens is 387 g/mol. The molecule has 5 fully saturated rings. The van der Waals surface area contributed by atoms with Gasteiger partial charge >= 0.3 is 0 Å². The van der Waals surface area contributed by atoms with Crippen molar-refractivity contribution >= 4 is 0 Å². The maximum Gasteiger partial charge on any atom is 0.201 e. The molecule has 0 radical (unpaired) electrons. The van der Waals surface area contributed by atoms with Crippen molar-refractivity contribution in [3.63, 3.8) is 0 Å². The molecule has 1 spiro atoms. The van der Waals surface area contributed by atoms with Crippen LogP contribution in [0.25, 0.3) is 0 Å². The quantitative estimate of drug-likeness (QED) is 0.496. The summed E-state index contributed by atoms with van der Waals surface area (Å²) < 4.78 is 32.1. The first-order valence-corrected chi connectivity index (χ1v) is 11.4. The highest BCUT2D eigenvalue weighted by Crippen LogP contribution is 2.60. The van der Waals surface area contributed by atoms with Gasteiger partial charge in [-0.05, 0) is 68.1 Å². The van der Waals surface area contributed by atoms with Crippen molar-refractivity contribution < 1.29 is 28.4 Å². The van der Waals surface area contributed by atoms with Crippen LogP contribution in [-0.4, -0.2) is 30.4 Å². The van der Waals surface area contributed by atoms with Gasteiger partial charge in [0.1, 0.15) is 5.82 Å². The van der Waals surface area contributed by atoms with Crippen LogP contribution in [0.5, 0.6) is 0 Å². The summed E-state index contributed by atoms with van der Waals surface area (Å²) in [6.07, 6.45) is 4.59. The van der Waals surface area contributed by atoms with Crippen LogP contribution in [0, 0.1) is 29.5 Å². The van der Waals surface area contributed by atoms with Gasteiger partial charge in [-0.25, -0.2) is 14.2 Å². The second-order valence-corrected chi connectivity index (χ2v) is 9.91. The lowest BCUT2D eigenvalue weighted by Gasteiger charge is -2.60. The van der Waals surface area contributed by atoms with Crippen molar-refractivity contribution in [2.45, 2.75) is 83.3 Å². The molecule has 5 nitrogen and oxygen atoms in total. The third-order valence-corrected chi connectivity index (χ3v) is 8.00. The molecule has 6 rings (SSSR count). The summed E-state index contributed by atoms with van der Waals surface area (Å²) in [6.45, 7) is 7.51. The first kappa shape index (κ1) is 20.8. The van der Waals surface area contributed by atoms with Gasteiger partial charge in [0.15, 0.2) is 11.9 Å². The molecule has 4 saturated heterocycles. The van der Waals surface area contributed by atoms with Crippen LogP contribution in [0.15, 0.2) is 24.3 Å². The molecule has 8 atom stereocenters. The highest BCUT2D eigenvalue weighted by molar-refractivity contribution is 5.15. The number of hydrogen-bond acceptors (Lipinski definition) is 5. The van der Waals surface area contributed by atoms with E-state index in [1.54, 1.807) is 6.07 Å². The van der Waals surface area contributed by atoms with Crippen LogP contribution < -0.4 is 0 Å². The number of halogens is 1. The Kier molecular flexibility index (Phi) is 5.43. The molecule has 30 heavy (non-hydrogen) atoms. The molecule has 166 valence electrons. The van der Waals surface area contributed by atoms with E-state index in [9.17, 15) is 4.39 Å². The summed E-state index contributed by atoms with van der Waals surface area (Å²) in [4.78, 5) is 12.0. The average Bonchev–Trinajstić information content (AvgIpc) is 2.95. The standard InChI is InChI=1S/C24H33FO5/c1-15-7-8-20-16(2)21(10-12-26-14-17-5-4-6-18(25)13-17)27-22-24(20)19(15)9-11-23(3,28-22)29-30-24/h4-6,13,15-16,19-22H,7-12,14H2,1-3H3/t15-,16-,19+,20+,21-,22-,23-,24-/m1/s1. The number of rotatable bonds is 5. The Balaban J connectivity index is 1.28. The molecule has 6 heteroatoms. The first-order chi connectivity index (χ1) is 14.4. The van der Waals surface area contributed by atoms with E-state index in [1.807, 2.05) is 13.0 Å². The molecule has 5 aliphatic rings. The van der Waals surface area contributed by atoms with Crippen LogP contribution in [-0.2, 0) is 30.6 Å². The molecule has 1 aliphatic carbocycles. The maximum absolute atomic E-state index is 13.3. The van der Waals surface area contributed by atoms with Crippen molar-refractivity contribution in [1.29, 1.82) is 0 Å². The lowest BCUT2D eigenvalue weighted by atomic mass is 9.57. The van der Waals surface area contributed by atoms with Crippen LogP contribution in [0.3, 0.4) is 0 Å². The minimum absolute atomic E-state index is 0.0405. The highest BCUT2D eigenvalue weighted by atomic mass is 19.1.